The maximum atomic E-state index is 13.6. The minimum absolute atomic E-state index is 0.0613. The number of aryl methyl sites for hydroxylation is 1. The fraction of sp³-hybridized carbons (Fsp3) is 0.512. The molecule has 2 unspecified atom stereocenters. The molecule has 3 aromatic rings. The Balaban J connectivity index is 1.34. The average molecular weight is 739 g/mol. The van der Waals surface area contributed by atoms with Crippen LogP contribution in [-0.4, -0.2) is 36.8 Å². The maximum absolute atomic E-state index is 13.6. The fourth-order valence-electron chi connectivity index (χ4n) is 6.50. The number of benzene rings is 3. The zero-order valence-electron chi connectivity index (χ0n) is 31.0. The number of hydrogen-bond acceptors (Lipinski definition) is 7. The number of hydrogen-bond donors (Lipinski definition) is 0. The van der Waals surface area contributed by atoms with Crippen molar-refractivity contribution >= 4 is 17.9 Å². The molecule has 0 radical (unpaired) electrons. The summed E-state index contributed by atoms with van der Waals surface area (Å²) in [6.07, 6.45) is 5.10. The van der Waals surface area contributed by atoms with Crippen LogP contribution in [-0.2, 0) is 20.7 Å². The molecule has 10 heteroatoms. The van der Waals surface area contributed by atoms with Crippen LogP contribution in [0.2, 0.25) is 0 Å². The molecule has 1 aliphatic rings. The Hall–Kier alpha value is -4.34. The summed E-state index contributed by atoms with van der Waals surface area (Å²) in [5.74, 6) is -2.20. The molecular formula is C43H53F3O7. The van der Waals surface area contributed by atoms with Crippen molar-refractivity contribution in [2.75, 3.05) is 6.61 Å². The second-order valence-electron chi connectivity index (χ2n) is 13.7. The monoisotopic (exact) mass is 738 g/mol. The molecule has 0 saturated heterocycles. The largest absolute Gasteiger partial charge is 0.494 e. The molecule has 0 amide bonds. The van der Waals surface area contributed by atoms with Gasteiger partial charge in [0.2, 0.25) is 0 Å². The lowest BCUT2D eigenvalue weighted by atomic mass is 9.81. The van der Waals surface area contributed by atoms with Gasteiger partial charge in [0.05, 0.1) is 23.7 Å². The third-order valence-electron chi connectivity index (χ3n) is 9.59. The Bertz CT molecular complexity index is 1570. The fourth-order valence-corrected chi connectivity index (χ4v) is 6.50. The number of halogens is 3. The van der Waals surface area contributed by atoms with E-state index < -0.39 is 42.2 Å². The quantitative estimate of drug-likeness (QED) is 0.0611. The van der Waals surface area contributed by atoms with E-state index in [2.05, 4.69) is 6.92 Å². The van der Waals surface area contributed by atoms with Crippen LogP contribution >= 0.6 is 0 Å². The molecule has 288 valence electrons. The predicted molar refractivity (Wildman–Crippen MR) is 197 cm³/mol. The number of esters is 3. The van der Waals surface area contributed by atoms with Crippen molar-refractivity contribution in [1.82, 2.24) is 0 Å². The van der Waals surface area contributed by atoms with Crippen molar-refractivity contribution < 1.29 is 46.5 Å². The number of rotatable bonds is 21. The molecule has 7 nitrogen and oxygen atoms in total. The van der Waals surface area contributed by atoms with E-state index in [1.165, 1.54) is 62.8 Å². The summed E-state index contributed by atoms with van der Waals surface area (Å²) >= 11 is 0. The highest BCUT2D eigenvalue weighted by Crippen LogP contribution is 2.39. The van der Waals surface area contributed by atoms with Gasteiger partial charge in [-0.2, -0.15) is 13.2 Å². The second-order valence-corrected chi connectivity index (χ2v) is 13.7. The summed E-state index contributed by atoms with van der Waals surface area (Å²) in [5.41, 5.74) is 1.57. The first kappa shape index (κ1) is 41.4. The molecule has 0 fully saturated rings. The van der Waals surface area contributed by atoms with Crippen molar-refractivity contribution in [1.29, 1.82) is 0 Å². The molecule has 53 heavy (non-hydrogen) atoms. The molecule has 0 spiro atoms. The highest BCUT2D eigenvalue weighted by Gasteiger charge is 2.42. The average Bonchev–Trinajstić information content (AvgIpc) is 3.15. The molecule has 0 bridgehead atoms. The van der Waals surface area contributed by atoms with Crippen molar-refractivity contribution in [3.05, 3.63) is 95.1 Å². The Morgan fingerprint density at radius 1 is 0.698 bits per heavy atom. The molecule has 0 N–H and O–H groups in total. The van der Waals surface area contributed by atoms with E-state index in [0.717, 1.165) is 31.2 Å². The highest BCUT2D eigenvalue weighted by atomic mass is 19.4. The van der Waals surface area contributed by atoms with Gasteiger partial charge in [-0.05, 0) is 91.8 Å². The standard InChI is InChI=1S/C43H53F3O7/c1-3-5-7-9-10-11-12-16-30-50-34-25-27-35(28-26-34)51-42(49)37-29-24-31-17-14-15-18-36(31)39(37)53-41(48)33-22-20-32(21-23-33)40(47)52-38(43(44,45)46)19-13-8-6-4-2/h14-15,17-18,20-23,25-28,37-39H,3-13,16,19,24,29-30H2,1-2H3/t37?,38-,39?/m1/s1. The first-order valence-electron chi connectivity index (χ1n) is 19.2. The number of ether oxygens (including phenoxy) is 4. The molecule has 4 rings (SSSR count). The van der Waals surface area contributed by atoms with Crippen molar-refractivity contribution in [3.63, 3.8) is 0 Å². The lowest BCUT2D eigenvalue weighted by Crippen LogP contribution is -2.34. The minimum Gasteiger partial charge on any atom is -0.494 e. The van der Waals surface area contributed by atoms with E-state index in [4.69, 9.17) is 18.9 Å². The summed E-state index contributed by atoms with van der Waals surface area (Å²) in [4.78, 5) is 39.6. The lowest BCUT2D eigenvalue weighted by Gasteiger charge is -2.31. The van der Waals surface area contributed by atoms with Crippen LogP contribution in [0.1, 0.15) is 142 Å². The van der Waals surface area contributed by atoms with Crippen LogP contribution in [0.15, 0.2) is 72.8 Å². The smallest absolute Gasteiger partial charge is 0.425 e. The molecule has 1 aliphatic carbocycles. The van der Waals surface area contributed by atoms with E-state index in [1.54, 1.807) is 30.3 Å². The maximum Gasteiger partial charge on any atom is 0.425 e. The van der Waals surface area contributed by atoms with Crippen LogP contribution in [0.5, 0.6) is 11.5 Å². The predicted octanol–water partition coefficient (Wildman–Crippen LogP) is 11.3. The van der Waals surface area contributed by atoms with Gasteiger partial charge in [0, 0.05) is 0 Å². The van der Waals surface area contributed by atoms with Gasteiger partial charge < -0.3 is 18.9 Å². The number of unbranched alkanes of at least 4 members (excludes halogenated alkanes) is 10. The first-order valence-corrected chi connectivity index (χ1v) is 19.2. The van der Waals surface area contributed by atoms with E-state index in [9.17, 15) is 27.6 Å². The summed E-state index contributed by atoms with van der Waals surface area (Å²) < 4.78 is 63.1. The van der Waals surface area contributed by atoms with Crippen molar-refractivity contribution in [3.8, 4) is 11.5 Å². The molecule has 0 aromatic heterocycles. The first-order chi connectivity index (χ1) is 25.6. The summed E-state index contributed by atoms with van der Waals surface area (Å²) in [5, 5.41) is 0. The van der Waals surface area contributed by atoms with Gasteiger partial charge in [0.15, 0.2) is 6.10 Å². The van der Waals surface area contributed by atoms with Gasteiger partial charge in [-0.25, -0.2) is 9.59 Å². The van der Waals surface area contributed by atoms with Gasteiger partial charge in [-0.3, -0.25) is 4.79 Å². The molecule has 0 saturated carbocycles. The van der Waals surface area contributed by atoms with Crippen LogP contribution in [0.25, 0.3) is 0 Å². The summed E-state index contributed by atoms with van der Waals surface area (Å²) in [6, 6.07) is 19.3. The molecule has 3 atom stereocenters. The van der Waals surface area contributed by atoms with Gasteiger partial charge >= 0.3 is 24.1 Å². The summed E-state index contributed by atoms with van der Waals surface area (Å²) in [7, 11) is 0. The Kier molecular flexibility index (Phi) is 16.7. The van der Waals surface area contributed by atoms with Crippen LogP contribution in [0.4, 0.5) is 13.2 Å². The number of fused-ring (bicyclic) bond motifs is 1. The van der Waals surface area contributed by atoms with E-state index in [1.807, 2.05) is 25.1 Å². The highest BCUT2D eigenvalue weighted by molar-refractivity contribution is 5.93. The number of alkyl halides is 3. The van der Waals surface area contributed by atoms with Crippen LogP contribution < -0.4 is 9.47 Å². The molecule has 0 aliphatic heterocycles. The van der Waals surface area contributed by atoms with Gasteiger partial charge in [0.1, 0.15) is 17.6 Å². The van der Waals surface area contributed by atoms with Crippen molar-refractivity contribution in [2.45, 2.75) is 129 Å². The molecular weight excluding hydrogens is 685 g/mol. The van der Waals surface area contributed by atoms with Crippen LogP contribution in [0.3, 0.4) is 0 Å². The van der Waals surface area contributed by atoms with Gasteiger partial charge in [0.25, 0.3) is 0 Å². The molecule has 0 heterocycles. The van der Waals surface area contributed by atoms with E-state index in [-0.39, 0.29) is 24.0 Å². The Morgan fingerprint density at radius 3 is 1.91 bits per heavy atom. The number of carbonyl (C=O) groups excluding carboxylic acids is 3. The van der Waals surface area contributed by atoms with Crippen LogP contribution in [0, 0.1) is 5.92 Å². The zero-order chi connectivity index (χ0) is 38.1. The SMILES string of the molecule is CCCCCCCCCCOc1ccc(OC(=O)C2CCc3ccccc3C2OC(=O)c2ccc(C(=O)O[C@H](CCCCCC)C(F)(F)F)cc2)cc1. The third-order valence-corrected chi connectivity index (χ3v) is 9.59. The lowest BCUT2D eigenvalue weighted by molar-refractivity contribution is -0.206. The normalized spacial score (nSPS) is 15.9. The minimum atomic E-state index is -4.69. The number of carbonyl (C=O) groups is 3. The third kappa shape index (κ3) is 13.2. The van der Waals surface area contributed by atoms with Gasteiger partial charge in [-0.15, -0.1) is 0 Å². The summed E-state index contributed by atoms with van der Waals surface area (Å²) in [6.45, 7) is 4.79. The van der Waals surface area contributed by atoms with Gasteiger partial charge in [-0.1, -0.05) is 102 Å². The second kappa shape index (κ2) is 21.4. The molecule has 3 aromatic carbocycles. The Labute approximate surface area is 311 Å². The Morgan fingerprint density at radius 2 is 1.26 bits per heavy atom. The van der Waals surface area contributed by atoms with E-state index in [0.29, 0.717) is 42.9 Å². The topological polar surface area (TPSA) is 88.1 Å². The van der Waals surface area contributed by atoms with E-state index >= 15 is 0 Å². The van der Waals surface area contributed by atoms with Crippen molar-refractivity contribution in [2.24, 2.45) is 5.92 Å². The zero-order valence-corrected chi connectivity index (χ0v) is 31.0.